The first kappa shape index (κ1) is 16.1. The third-order valence-electron chi connectivity index (χ3n) is 3.57. The Morgan fingerprint density at radius 2 is 1.88 bits per heavy atom. The van der Waals surface area contributed by atoms with Gasteiger partial charge in [0, 0.05) is 11.6 Å². The molecule has 2 aromatic rings. The number of rotatable bonds is 4. The van der Waals surface area contributed by atoms with Crippen LogP contribution in [0.15, 0.2) is 41.2 Å². The van der Waals surface area contributed by atoms with E-state index in [0.717, 1.165) is 31.2 Å². The van der Waals surface area contributed by atoms with Crippen molar-refractivity contribution in [2.24, 2.45) is 5.92 Å². The molecule has 0 bridgehead atoms. The standard InChI is InChI=1S/C16H13F3N2O3/c17-16(18,19)12-7-11(20-14(22)9-1-2-9)3-4-13(12)21-15(23)10-5-6-24-8-10/h3-9H,1-2H2,(H,20,22)(H,21,23). The number of hydrogen-bond donors (Lipinski definition) is 2. The molecule has 1 aromatic carbocycles. The summed E-state index contributed by atoms with van der Waals surface area (Å²) in [6.45, 7) is 0. The second-order valence-corrected chi connectivity index (χ2v) is 5.49. The maximum Gasteiger partial charge on any atom is 0.418 e. The van der Waals surface area contributed by atoms with Crippen LogP contribution in [0.3, 0.4) is 0 Å². The fourth-order valence-corrected chi connectivity index (χ4v) is 2.14. The van der Waals surface area contributed by atoms with Gasteiger partial charge in [-0.3, -0.25) is 9.59 Å². The molecule has 2 N–H and O–H groups in total. The summed E-state index contributed by atoms with van der Waals surface area (Å²) >= 11 is 0. The minimum Gasteiger partial charge on any atom is -0.472 e. The predicted molar refractivity (Wildman–Crippen MR) is 79.5 cm³/mol. The Labute approximate surface area is 134 Å². The van der Waals surface area contributed by atoms with Crippen molar-refractivity contribution in [3.8, 4) is 0 Å². The van der Waals surface area contributed by atoms with Gasteiger partial charge in [0.1, 0.15) is 6.26 Å². The zero-order valence-electron chi connectivity index (χ0n) is 12.3. The van der Waals surface area contributed by atoms with Gasteiger partial charge in [-0.25, -0.2) is 0 Å². The number of anilines is 2. The Morgan fingerprint density at radius 3 is 2.46 bits per heavy atom. The molecular formula is C16H13F3N2O3. The van der Waals surface area contributed by atoms with Gasteiger partial charge in [-0.1, -0.05) is 0 Å². The normalized spacial score (nSPS) is 14.3. The summed E-state index contributed by atoms with van der Waals surface area (Å²) in [4.78, 5) is 23.6. The molecule has 1 heterocycles. The number of halogens is 3. The molecule has 0 atom stereocenters. The number of benzene rings is 1. The first-order valence-corrected chi connectivity index (χ1v) is 7.20. The van der Waals surface area contributed by atoms with Crippen LogP contribution in [0.2, 0.25) is 0 Å². The van der Waals surface area contributed by atoms with Gasteiger partial charge >= 0.3 is 6.18 Å². The van der Waals surface area contributed by atoms with E-state index >= 15 is 0 Å². The van der Waals surface area contributed by atoms with E-state index in [2.05, 4.69) is 10.6 Å². The molecule has 0 spiro atoms. The molecule has 1 aliphatic carbocycles. The summed E-state index contributed by atoms with van der Waals surface area (Å²) in [5.74, 6) is -1.14. The van der Waals surface area contributed by atoms with Crippen molar-refractivity contribution in [1.82, 2.24) is 0 Å². The molecular weight excluding hydrogens is 325 g/mol. The topological polar surface area (TPSA) is 71.3 Å². The van der Waals surface area contributed by atoms with Gasteiger partial charge in [-0.2, -0.15) is 13.2 Å². The fourth-order valence-electron chi connectivity index (χ4n) is 2.14. The number of carbonyl (C=O) groups is 2. The molecule has 1 fully saturated rings. The minimum atomic E-state index is -4.68. The Balaban J connectivity index is 1.85. The largest absolute Gasteiger partial charge is 0.472 e. The van der Waals surface area contributed by atoms with Crippen LogP contribution in [0.4, 0.5) is 24.5 Å². The van der Waals surface area contributed by atoms with Gasteiger partial charge in [0.15, 0.2) is 0 Å². The monoisotopic (exact) mass is 338 g/mol. The van der Waals surface area contributed by atoms with Crippen molar-refractivity contribution in [1.29, 1.82) is 0 Å². The zero-order valence-corrected chi connectivity index (χ0v) is 12.3. The molecule has 1 aromatic heterocycles. The highest BCUT2D eigenvalue weighted by molar-refractivity contribution is 6.04. The fraction of sp³-hybridized carbons (Fsp3) is 0.250. The van der Waals surface area contributed by atoms with Crippen LogP contribution in [-0.2, 0) is 11.0 Å². The SMILES string of the molecule is O=C(Nc1ccc(NC(=O)C2CC2)cc1C(F)(F)F)c1ccoc1. The number of hydrogen-bond acceptors (Lipinski definition) is 3. The Hall–Kier alpha value is -2.77. The summed E-state index contributed by atoms with van der Waals surface area (Å²) in [5.41, 5.74) is -1.28. The molecule has 1 aliphatic rings. The van der Waals surface area contributed by atoms with E-state index in [0.29, 0.717) is 0 Å². The van der Waals surface area contributed by atoms with Crippen molar-refractivity contribution in [2.45, 2.75) is 19.0 Å². The lowest BCUT2D eigenvalue weighted by Crippen LogP contribution is -2.18. The second kappa shape index (κ2) is 6.03. The molecule has 8 heteroatoms. The smallest absolute Gasteiger partial charge is 0.418 e. The summed E-state index contributed by atoms with van der Waals surface area (Å²) in [5, 5.41) is 4.66. The number of alkyl halides is 3. The number of furan rings is 1. The molecule has 1 saturated carbocycles. The van der Waals surface area contributed by atoms with Gasteiger partial charge in [-0.05, 0) is 37.1 Å². The molecule has 126 valence electrons. The zero-order chi connectivity index (χ0) is 17.3. The highest BCUT2D eigenvalue weighted by Gasteiger charge is 2.35. The number of carbonyl (C=O) groups excluding carboxylic acids is 2. The molecule has 0 saturated heterocycles. The van der Waals surface area contributed by atoms with Gasteiger partial charge < -0.3 is 15.1 Å². The van der Waals surface area contributed by atoms with Crippen LogP contribution in [0.1, 0.15) is 28.8 Å². The van der Waals surface area contributed by atoms with E-state index in [-0.39, 0.29) is 23.1 Å². The summed E-state index contributed by atoms with van der Waals surface area (Å²) in [7, 11) is 0. The lowest BCUT2D eigenvalue weighted by Gasteiger charge is -2.15. The molecule has 24 heavy (non-hydrogen) atoms. The third-order valence-corrected chi connectivity index (χ3v) is 3.57. The van der Waals surface area contributed by atoms with E-state index in [1.165, 1.54) is 18.4 Å². The van der Waals surface area contributed by atoms with Crippen LogP contribution in [-0.4, -0.2) is 11.8 Å². The van der Waals surface area contributed by atoms with Gasteiger partial charge in [0.25, 0.3) is 5.91 Å². The summed E-state index contributed by atoms with van der Waals surface area (Å²) in [6.07, 6.45) is -0.810. The van der Waals surface area contributed by atoms with E-state index in [4.69, 9.17) is 4.42 Å². The van der Waals surface area contributed by atoms with Crippen LogP contribution in [0, 0.1) is 5.92 Å². The Kier molecular flexibility index (Phi) is 4.04. The van der Waals surface area contributed by atoms with Crippen molar-refractivity contribution in [3.63, 3.8) is 0 Å². The van der Waals surface area contributed by atoms with E-state index in [9.17, 15) is 22.8 Å². The van der Waals surface area contributed by atoms with Crippen molar-refractivity contribution in [2.75, 3.05) is 10.6 Å². The van der Waals surface area contributed by atoms with E-state index in [1.54, 1.807) is 0 Å². The van der Waals surface area contributed by atoms with Crippen LogP contribution >= 0.6 is 0 Å². The molecule has 2 amide bonds. The summed E-state index contributed by atoms with van der Waals surface area (Å²) in [6, 6.07) is 4.59. The molecule has 0 aliphatic heterocycles. The third kappa shape index (κ3) is 3.58. The van der Waals surface area contributed by atoms with Gasteiger partial charge in [0.05, 0.1) is 23.1 Å². The van der Waals surface area contributed by atoms with Crippen molar-refractivity contribution in [3.05, 3.63) is 47.9 Å². The predicted octanol–water partition coefficient (Wildman–Crippen LogP) is 3.90. The highest BCUT2D eigenvalue weighted by atomic mass is 19.4. The molecule has 3 rings (SSSR count). The highest BCUT2D eigenvalue weighted by Crippen LogP contribution is 2.37. The lowest BCUT2D eigenvalue weighted by molar-refractivity contribution is -0.137. The van der Waals surface area contributed by atoms with Crippen LogP contribution < -0.4 is 10.6 Å². The molecule has 0 unspecified atom stereocenters. The first-order valence-electron chi connectivity index (χ1n) is 7.20. The van der Waals surface area contributed by atoms with Crippen LogP contribution in [0.5, 0.6) is 0 Å². The molecule has 5 nitrogen and oxygen atoms in total. The van der Waals surface area contributed by atoms with E-state index < -0.39 is 23.3 Å². The number of nitrogens with one attached hydrogen (secondary N) is 2. The Morgan fingerprint density at radius 1 is 1.12 bits per heavy atom. The van der Waals surface area contributed by atoms with E-state index in [1.807, 2.05) is 0 Å². The minimum absolute atomic E-state index is 0.0422. The quantitative estimate of drug-likeness (QED) is 0.888. The lowest BCUT2D eigenvalue weighted by atomic mass is 10.1. The number of amides is 2. The maximum absolute atomic E-state index is 13.2. The van der Waals surface area contributed by atoms with Gasteiger partial charge in [-0.15, -0.1) is 0 Å². The van der Waals surface area contributed by atoms with Gasteiger partial charge in [0.2, 0.25) is 5.91 Å². The average molecular weight is 338 g/mol. The summed E-state index contributed by atoms with van der Waals surface area (Å²) < 4.78 is 44.5. The second-order valence-electron chi connectivity index (χ2n) is 5.49. The molecule has 0 radical (unpaired) electrons. The Bertz CT molecular complexity index is 765. The first-order chi connectivity index (χ1) is 11.3. The van der Waals surface area contributed by atoms with Crippen molar-refractivity contribution >= 4 is 23.2 Å². The van der Waals surface area contributed by atoms with Crippen LogP contribution in [0.25, 0.3) is 0 Å². The van der Waals surface area contributed by atoms with Crippen molar-refractivity contribution < 1.29 is 27.2 Å². The maximum atomic E-state index is 13.2. The average Bonchev–Trinajstić information content (AvgIpc) is 3.22.